The van der Waals surface area contributed by atoms with E-state index in [0.717, 1.165) is 26.9 Å². The van der Waals surface area contributed by atoms with E-state index in [1.165, 1.54) is 0 Å². The molecule has 7 heteroatoms. The molecule has 0 radical (unpaired) electrons. The van der Waals surface area contributed by atoms with Crippen molar-refractivity contribution < 1.29 is 19.1 Å². The van der Waals surface area contributed by atoms with E-state index in [9.17, 15) is 4.79 Å². The van der Waals surface area contributed by atoms with Crippen LogP contribution in [-0.4, -0.2) is 29.7 Å². The normalized spacial score (nSPS) is 22.0. The molecule has 8 rings (SSSR count). The molecule has 1 fully saturated rings. The van der Waals surface area contributed by atoms with Gasteiger partial charge < -0.3 is 15.0 Å². The van der Waals surface area contributed by atoms with Gasteiger partial charge in [0.05, 0.1) is 12.0 Å². The molecule has 1 amide bonds. The van der Waals surface area contributed by atoms with E-state index >= 15 is 9.59 Å². The summed E-state index contributed by atoms with van der Waals surface area (Å²) in [5, 5.41) is 3.07. The number of fused-ring (bicyclic) bond motifs is 6. The Bertz CT molecular complexity index is 2010. The van der Waals surface area contributed by atoms with E-state index < -0.39 is 35.5 Å². The Morgan fingerprint density at radius 2 is 1.38 bits per heavy atom. The van der Waals surface area contributed by atoms with Crippen molar-refractivity contribution in [1.82, 2.24) is 0 Å². The Labute approximate surface area is 280 Å². The number of benzene rings is 5. The maximum absolute atomic E-state index is 15.0. The molecule has 1 spiro atoms. The van der Waals surface area contributed by atoms with Crippen LogP contribution in [-0.2, 0) is 19.7 Å². The van der Waals surface area contributed by atoms with Gasteiger partial charge in [-0.2, -0.15) is 0 Å². The van der Waals surface area contributed by atoms with Crippen LogP contribution in [0.2, 0.25) is 0 Å². The quantitative estimate of drug-likeness (QED) is 0.147. The standard InChI is InChI=1S/C40H29BrN2O4/c41-29-22-19-26(20-23-29)36(44)34-35(38(45)47-37(27-12-3-1-4-13-27)28-14-5-2-6-15-28)43-32-18-10-7-11-25(32)21-24-33(43)40(34)30-16-8-9-17-31(30)42-39(40)46/h1-24,33-35,37H,(H,42,46)/t33-,34-,35+,40+/m0/s1. The first-order valence-corrected chi connectivity index (χ1v) is 16.3. The van der Waals surface area contributed by atoms with Crippen LogP contribution in [0.1, 0.15) is 38.7 Å². The monoisotopic (exact) mass is 680 g/mol. The van der Waals surface area contributed by atoms with Crippen molar-refractivity contribution in [2.45, 2.75) is 23.6 Å². The number of rotatable bonds is 6. The Morgan fingerprint density at radius 1 is 0.766 bits per heavy atom. The first kappa shape index (κ1) is 29.2. The van der Waals surface area contributed by atoms with Gasteiger partial charge in [-0.15, -0.1) is 0 Å². The number of Topliss-reactive ketones (excluding diaryl/α,β-unsaturated/α-hetero) is 1. The van der Waals surface area contributed by atoms with Crippen molar-refractivity contribution in [1.29, 1.82) is 0 Å². The van der Waals surface area contributed by atoms with E-state index in [-0.39, 0.29) is 11.7 Å². The van der Waals surface area contributed by atoms with Gasteiger partial charge in [0.25, 0.3) is 0 Å². The van der Waals surface area contributed by atoms with Crippen LogP contribution in [0.5, 0.6) is 0 Å². The van der Waals surface area contributed by atoms with E-state index in [1.807, 2.05) is 126 Å². The highest BCUT2D eigenvalue weighted by atomic mass is 79.9. The average molecular weight is 682 g/mol. The zero-order valence-corrected chi connectivity index (χ0v) is 26.7. The molecule has 0 bridgehead atoms. The number of amides is 1. The van der Waals surface area contributed by atoms with Gasteiger partial charge in [0.1, 0.15) is 11.5 Å². The molecular formula is C40H29BrN2O4. The average Bonchev–Trinajstić information content (AvgIpc) is 3.60. The molecular weight excluding hydrogens is 652 g/mol. The molecule has 3 aliphatic heterocycles. The topological polar surface area (TPSA) is 75.7 Å². The molecule has 5 aromatic rings. The summed E-state index contributed by atoms with van der Waals surface area (Å²) in [4.78, 5) is 46.6. The second kappa shape index (κ2) is 11.5. The van der Waals surface area contributed by atoms with Gasteiger partial charge in [-0.1, -0.05) is 137 Å². The van der Waals surface area contributed by atoms with E-state index in [0.29, 0.717) is 16.8 Å². The summed E-state index contributed by atoms with van der Waals surface area (Å²) in [5.41, 5.74) is 3.58. The number of hydrogen-bond donors (Lipinski definition) is 1. The molecule has 0 saturated carbocycles. The fraction of sp³-hybridized carbons (Fsp3) is 0.125. The smallest absolute Gasteiger partial charge is 0.330 e. The summed E-state index contributed by atoms with van der Waals surface area (Å²) in [7, 11) is 0. The lowest BCUT2D eigenvalue weighted by Gasteiger charge is -2.37. The van der Waals surface area contributed by atoms with Crippen LogP contribution in [0.3, 0.4) is 0 Å². The lowest BCUT2D eigenvalue weighted by molar-refractivity contribution is -0.150. The van der Waals surface area contributed by atoms with Crippen molar-refractivity contribution in [3.8, 4) is 0 Å². The summed E-state index contributed by atoms with van der Waals surface area (Å²) in [6, 6.07) is 39.7. The molecule has 0 unspecified atom stereocenters. The fourth-order valence-electron chi connectivity index (χ4n) is 7.66. The predicted molar refractivity (Wildman–Crippen MR) is 185 cm³/mol. The van der Waals surface area contributed by atoms with Crippen LogP contribution in [0.15, 0.2) is 144 Å². The fourth-order valence-corrected chi connectivity index (χ4v) is 7.92. The molecule has 0 aliphatic carbocycles. The zero-order valence-electron chi connectivity index (χ0n) is 25.1. The number of nitrogens with one attached hydrogen (secondary N) is 1. The second-order valence-corrected chi connectivity index (χ2v) is 13.0. The predicted octanol–water partition coefficient (Wildman–Crippen LogP) is 7.76. The highest BCUT2D eigenvalue weighted by molar-refractivity contribution is 9.10. The van der Waals surface area contributed by atoms with Gasteiger partial charge in [0.2, 0.25) is 5.91 Å². The number of anilines is 2. The third kappa shape index (κ3) is 4.56. The minimum Gasteiger partial charge on any atom is -0.451 e. The molecule has 1 saturated heterocycles. The highest BCUT2D eigenvalue weighted by Gasteiger charge is 2.71. The minimum absolute atomic E-state index is 0.303. The molecule has 3 heterocycles. The first-order chi connectivity index (χ1) is 23.0. The van der Waals surface area contributed by atoms with Crippen molar-refractivity contribution in [2.24, 2.45) is 5.92 Å². The molecule has 3 aliphatic rings. The molecule has 1 N–H and O–H groups in total. The van der Waals surface area contributed by atoms with Crippen molar-refractivity contribution in [2.75, 3.05) is 10.2 Å². The minimum atomic E-state index is -1.41. The summed E-state index contributed by atoms with van der Waals surface area (Å²) in [6.45, 7) is 0. The molecule has 47 heavy (non-hydrogen) atoms. The number of carbonyl (C=O) groups is 3. The molecule has 0 aromatic heterocycles. The van der Waals surface area contributed by atoms with E-state index in [1.54, 1.807) is 24.3 Å². The summed E-state index contributed by atoms with van der Waals surface area (Å²) in [5.74, 6) is -2.32. The second-order valence-electron chi connectivity index (χ2n) is 12.1. The number of halogens is 1. The first-order valence-electron chi connectivity index (χ1n) is 15.5. The third-order valence-electron chi connectivity index (χ3n) is 9.63. The van der Waals surface area contributed by atoms with Gasteiger partial charge in [-0.3, -0.25) is 9.59 Å². The van der Waals surface area contributed by atoms with Crippen molar-refractivity contribution >= 4 is 51.0 Å². The van der Waals surface area contributed by atoms with Crippen LogP contribution in [0, 0.1) is 5.92 Å². The van der Waals surface area contributed by atoms with Crippen LogP contribution >= 0.6 is 15.9 Å². The number of esters is 1. The SMILES string of the molecule is O=C(c1ccc(Br)cc1)[C@@H]1[C@H](C(=O)OC(c2ccccc2)c2ccccc2)N2c3ccccc3C=C[C@H]2[C@@]12C(=O)Nc1ccccc12. The van der Waals surface area contributed by atoms with Gasteiger partial charge in [0.15, 0.2) is 11.9 Å². The lowest BCUT2D eigenvalue weighted by Crippen LogP contribution is -2.51. The number of ketones is 1. The Morgan fingerprint density at radius 3 is 2.09 bits per heavy atom. The molecule has 230 valence electrons. The Balaban J connectivity index is 1.35. The van der Waals surface area contributed by atoms with Crippen LogP contribution in [0.4, 0.5) is 11.4 Å². The number of para-hydroxylation sites is 2. The molecule has 4 atom stereocenters. The third-order valence-corrected chi connectivity index (χ3v) is 10.2. The van der Waals surface area contributed by atoms with E-state index in [2.05, 4.69) is 21.2 Å². The largest absolute Gasteiger partial charge is 0.451 e. The number of hydrogen-bond acceptors (Lipinski definition) is 5. The number of nitrogens with zero attached hydrogens (tertiary/aromatic N) is 1. The maximum atomic E-state index is 15.0. The van der Waals surface area contributed by atoms with Gasteiger partial charge >= 0.3 is 5.97 Å². The Kier molecular flexibility index (Phi) is 7.14. The van der Waals surface area contributed by atoms with Crippen LogP contribution < -0.4 is 10.2 Å². The van der Waals surface area contributed by atoms with Crippen LogP contribution in [0.25, 0.3) is 6.08 Å². The number of carbonyl (C=O) groups excluding carboxylic acids is 3. The summed E-state index contributed by atoms with van der Waals surface area (Å²) < 4.78 is 7.35. The zero-order chi connectivity index (χ0) is 32.1. The molecule has 5 aromatic carbocycles. The van der Waals surface area contributed by atoms with Crippen molar-refractivity contribution in [3.05, 3.63) is 172 Å². The van der Waals surface area contributed by atoms with Gasteiger partial charge in [-0.05, 0) is 46.5 Å². The molecule has 6 nitrogen and oxygen atoms in total. The summed E-state index contributed by atoms with van der Waals surface area (Å²) in [6.07, 6.45) is 3.21. The van der Waals surface area contributed by atoms with Gasteiger partial charge in [0, 0.05) is 21.4 Å². The Hall–Kier alpha value is -5.27. The van der Waals surface area contributed by atoms with Crippen molar-refractivity contribution in [3.63, 3.8) is 0 Å². The van der Waals surface area contributed by atoms with Gasteiger partial charge in [-0.25, -0.2) is 4.79 Å². The maximum Gasteiger partial charge on any atom is 0.330 e. The number of ether oxygens (including phenoxy) is 1. The summed E-state index contributed by atoms with van der Waals surface area (Å²) >= 11 is 3.48. The van der Waals surface area contributed by atoms with E-state index in [4.69, 9.17) is 4.74 Å². The lowest BCUT2D eigenvalue weighted by atomic mass is 9.64. The highest BCUT2D eigenvalue weighted by Crippen LogP contribution is 2.58.